The van der Waals surface area contributed by atoms with Crippen LogP contribution in [0.15, 0.2) is 83.8 Å². The zero-order valence-electron chi connectivity index (χ0n) is 14.1. The average Bonchev–Trinajstić information content (AvgIpc) is 3.08. The maximum Gasteiger partial charge on any atom is 0.244 e. The minimum absolute atomic E-state index is 0.0970. The van der Waals surface area contributed by atoms with Gasteiger partial charge in [-0.25, -0.2) is 4.98 Å². The normalized spacial score (nSPS) is 12.0. The van der Waals surface area contributed by atoms with Gasteiger partial charge in [-0.1, -0.05) is 71.5 Å². The molecule has 134 valence electrons. The van der Waals surface area contributed by atoms with E-state index in [1.807, 2.05) is 72.8 Å². The molecule has 0 saturated heterocycles. The van der Waals surface area contributed by atoms with E-state index in [9.17, 15) is 4.79 Å². The number of thiazole rings is 1. The number of rotatable bonds is 5. The van der Waals surface area contributed by atoms with Gasteiger partial charge in [0.1, 0.15) is 5.25 Å². The van der Waals surface area contributed by atoms with Crippen molar-refractivity contribution < 1.29 is 4.79 Å². The smallest absolute Gasteiger partial charge is 0.244 e. The highest BCUT2D eigenvalue weighted by atomic mass is 35.5. The summed E-state index contributed by atoms with van der Waals surface area (Å²) in [6, 6.07) is 25.2. The number of hydrogen-bond donors (Lipinski definition) is 1. The summed E-state index contributed by atoms with van der Waals surface area (Å²) in [5, 5.41) is 3.84. The molecule has 3 aromatic carbocycles. The Morgan fingerprint density at radius 1 is 1.00 bits per heavy atom. The topological polar surface area (TPSA) is 42.0 Å². The van der Waals surface area contributed by atoms with Gasteiger partial charge in [0, 0.05) is 9.92 Å². The number of benzene rings is 3. The van der Waals surface area contributed by atoms with Crippen molar-refractivity contribution in [2.75, 3.05) is 5.32 Å². The third kappa shape index (κ3) is 4.33. The van der Waals surface area contributed by atoms with E-state index >= 15 is 0 Å². The number of anilines is 1. The lowest BCUT2D eigenvalue weighted by Crippen LogP contribution is -2.18. The predicted molar refractivity (Wildman–Crippen MR) is 115 cm³/mol. The van der Waals surface area contributed by atoms with Crippen molar-refractivity contribution in [1.82, 2.24) is 4.98 Å². The van der Waals surface area contributed by atoms with Gasteiger partial charge in [0.15, 0.2) is 5.13 Å². The first-order valence-electron chi connectivity index (χ1n) is 8.33. The fraction of sp³-hybridized carbons (Fsp3) is 0.0476. The first-order valence-corrected chi connectivity index (χ1v) is 10.4. The van der Waals surface area contributed by atoms with Gasteiger partial charge in [0.25, 0.3) is 0 Å². The summed E-state index contributed by atoms with van der Waals surface area (Å²) >= 11 is 8.99. The van der Waals surface area contributed by atoms with E-state index in [2.05, 4.69) is 10.3 Å². The molecule has 1 amide bonds. The van der Waals surface area contributed by atoms with Crippen molar-refractivity contribution in [1.29, 1.82) is 0 Å². The van der Waals surface area contributed by atoms with E-state index in [0.717, 1.165) is 20.7 Å². The van der Waals surface area contributed by atoms with Crippen LogP contribution in [0.3, 0.4) is 0 Å². The van der Waals surface area contributed by atoms with Gasteiger partial charge < -0.3 is 5.32 Å². The van der Waals surface area contributed by atoms with Crippen molar-refractivity contribution in [3.63, 3.8) is 0 Å². The molecule has 1 aromatic heterocycles. The van der Waals surface area contributed by atoms with Crippen LogP contribution in [-0.4, -0.2) is 10.9 Å². The van der Waals surface area contributed by atoms with Crippen LogP contribution < -0.4 is 5.32 Å². The number of thioether (sulfide) groups is 1. The molecule has 0 radical (unpaired) electrons. The fourth-order valence-electron chi connectivity index (χ4n) is 2.66. The molecule has 4 aromatic rings. The predicted octanol–water partition coefficient (Wildman–Crippen LogP) is 6.42. The number of hydrogen-bond acceptors (Lipinski definition) is 4. The second-order valence-electron chi connectivity index (χ2n) is 5.84. The zero-order chi connectivity index (χ0) is 18.6. The molecule has 0 aliphatic rings. The molecule has 0 bridgehead atoms. The second kappa shape index (κ2) is 8.13. The average molecular weight is 411 g/mol. The van der Waals surface area contributed by atoms with Crippen molar-refractivity contribution >= 4 is 56.0 Å². The lowest BCUT2D eigenvalue weighted by atomic mass is 10.1. The number of carbonyl (C=O) groups is 1. The van der Waals surface area contributed by atoms with E-state index in [4.69, 9.17) is 11.6 Å². The summed E-state index contributed by atoms with van der Waals surface area (Å²) < 4.78 is 0.949. The van der Waals surface area contributed by atoms with Crippen LogP contribution in [0.1, 0.15) is 10.8 Å². The van der Waals surface area contributed by atoms with Crippen LogP contribution in [0.5, 0.6) is 0 Å². The molecule has 27 heavy (non-hydrogen) atoms. The number of carbonyl (C=O) groups excluding carboxylic acids is 1. The fourth-order valence-corrected chi connectivity index (χ4v) is 4.85. The summed E-state index contributed by atoms with van der Waals surface area (Å²) in [5.74, 6) is -0.0970. The summed E-state index contributed by atoms with van der Waals surface area (Å²) in [7, 11) is 0. The Bertz CT molecular complexity index is 1070. The summed E-state index contributed by atoms with van der Waals surface area (Å²) in [6.07, 6.45) is 0. The Morgan fingerprint density at radius 3 is 2.44 bits per heavy atom. The molecule has 0 aliphatic carbocycles. The first kappa shape index (κ1) is 18.0. The Balaban J connectivity index is 1.61. The monoisotopic (exact) mass is 410 g/mol. The van der Waals surface area contributed by atoms with E-state index < -0.39 is 0 Å². The summed E-state index contributed by atoms with van der Waals surface area (Å²) in [4.78, 5) is 18.6. The maximum atomic E-state index is 13.1. The number of nitrogens with one attached hydrogen (secondary N) is 1. The SMILES string of the molecule is O=C(Nc1nc2ccc(Cl)cc2s1)[C@H](Sc1ccccc1)c1ccccc1. The number of fused-ring (bicyclic) bond motifs is 1. The van der Waals surface area contributed by atoms with E-state index in [1.165, 1.54) is 23.1 Å². The van der Waals surface area contributed by atoms with Crippen LogP contribution in [0, 0.1) is 0 Å². The van der Waals surface area contributed by atoms with Crippen LogP contribution >= 0.6 is 34.7 Å². The molecule has 3 nitrogen and oxygen atoms in total. The molecule has 4 rings (SSSR count). The molecule has 1 heterocycles. The lowest BCUT2D eigenvalue weighted by Gasteiger charge is -2.16. The van der Waals surface area contributed by atoms with Gasteiger partial charge in [-0.3, -0.25) is 4.79 Å². The highest BCUT2D eigenvalue weighted by molar-refractivity contribution is 8.00. The largest absolute Gasteiger partial charge is 0.301 e. The highest BCUT2D eigenvalue weighted by Crippen LogP contribution is 2.37. The van der Waals surface area contributed by atoms with Crippen molar-refractivity contribution in [3.8, 4) is 0 Å². The van der Waals surface area contributed by atoms with Crippen molar-refractivity contribution in [2.45, 2.75) is 10.1 Å². The van der Waals surface area contributed by atoms with Crippen molar-refractivity contribution in [2.24, 2.45) is 0 Å². The van der Waals surface area contributed by atoms with Gasteiger partial charge in [-0.2, -0.15) is 0 Å². The quantitative estimate of drug-likeness (QED) is 0.386. The van der Waals surface area contributed by atoms with E-state index in [-0.39, 0.29) is 11.2 Å². The van der Waals surface area contributed by atoms with Crippen LogP contribution in [0.2, 0.25) is 5.02 Å². The molecule has 0 aliphatic heterocycles. The molecule has 0 fully saturated rings. The van der Waals surface area contributed by atoms with E-state index in [0.29, 0.717) is 10.2 Å². The summed E-state index contributed by atoms with van der Waals surface area (Å²) in [5.41, 5.74) is 1.78. The number of halogens is 1. The molecule has 1 N–H and O–H groups in total. The van der Waals surface area contributed by atoms with Gasteiger partial charge in [0.2, 0.25) is 5.91 Å². The van der Waals surface area contributed by atoms with Crippen LogP contribution in [0.4, 0.5) is 5.13 Å². The third-order valence-corrected chi connectivity index (χ3v) is 6.35. The first-order chi connectivity index (χ1) is 13.2. The number of aromatic nitrogens is 1. The molecular weight excluding hydrogens is 396 g/mol. The summed E-state index contributed by atoms with van der Waals surface area (Å²) in [6.45, 7) is 0. The van der Waals surface area contributed by atoms with Gasteiger partial charge in [-0.15, -0.1) is 11.8 Å². The molecule has 1 atom stereocenters. The van der Waals surface area contributed by atoms with Gasteiger partial charge in [0.05, 0.1) is 10.2 Å². The number of nitrogens with zero attached hydrogens (tertiary/aromatic N) is 1. The lowest BCUT2D eigenvalue weighted by molar-refractivity contribution is -0.115. The maximum absolute atomic E-state index is 13.1. The van der Waals surface area contributed by atoms with Gasteiger partial charge in [-0.05, 0) is 35.9 Å². The van der Waals surface area contributed by atoms with Crippen LogP contribution in [0.25, 0.3) is 10.2 Å². The van der Waals surface area contributed by atoms with Crippen LogP contribution in [-0.2, 0) is 4.79 Å². The van der Waals surface area contributed by atoms with E-state index in [1.54, 1.807) is 6.07 Å². The Kier molecular flexibility index (Phi) is 5.43. The molecule has 0 saturated carbocycles. The number of amides is 1. The second-order valence-corrected chi connectivity index (χ2v) is 8.49. The molecule has 0 spiro atoms. The van der Waals surface area contributed by atoms with Crippen molar-refractivity contribution in [3.05, 3.63) is 89.4 Å². The standard InChI is InChI=1S/C21H15ClN2OS2/c22-15-11-12-17-18(13-15)27-21(23-17)24-20(25)19(14-7-3-1-4-8-14)26-16-9-5-2-6-10-16/h1-13,19H,(H,23,24,25)/t19-/m1/s1. The minimum atomic E-state index is -0.371. The molecule has 0 unspecified atom stereocenters. The highest BCUT2D eigenvalue weighted by Gasteiger charge is 2.23. The third-order valence-electron chi connectivity index (χ3n) is 3.92. The zero-order valence-corrected chi connectivity index (χ0v) is 16.5. The molecule has 6 heteroatoms. The Hall–Kier alpha value is -2.34. The van der Waals surface area contributed by atoms with Gasteiger partial charge >= 0.3 is 0 Å². The Morgan fingerprint density at radius 2 is 1.70 bits per heavy atom. The molecular formula is C21H15ClN2OS2. The Labute approximate surface area is 170 Å². The minimum Gasteiger partial charge on any atom is -0.301 e.